The number of hydrogen-bond donors (Lipinski definition) is 3. The SMILES string of the molecule is Cc1cc(-c2nc3n[nH]c(-c4cccs4)c3c(-c3ccc(N4CCNCC4)cc3)c2C#N)cc(C)c1O. The van der Waals surface area contributed by atoms with Crippen LogP contribution in [-0.4, -0.2) is 46.5 Å². The predicted octanol–water partition coefficient (Wildman–Crippen LogP) is 5.62. The van der Waals surface area contributed by atoms with Crippen molar-refractivity contribution in [2.24, 2.45) is 0 Å². The molecule has 1 saturated heterocycles. The lowest BCUT2D eigenvalue weighted by Crippen LogP contribution is -2.43. The van der Waals surface area contributed by atoms with E-state index in [2.05, 4.69) is 50.7 Å². The molecule has 8 heteroatoms. The zero-order valence-electron chi connectivity index (χ0n) is 20.7. The van der Waals surface area contributed by atoms with Crippen molar-refractivity contribution in [2.75, 3.05) is 31.1 Å². The van der Waals surface area contributed by atoms with E-state index in [4.69, 9.17) is 4.98 Å². The van der Waals surface area contributed by atoms with Gasteiger partial charge < -0.3 is 15.3 Å². The maximum Gasteiger partial charge on any atom is 0.182 e. The van der Waals surface area contributed by atoms with Crippen LogP contribution in [0, 0.1) is 25.2 Å². The fourth-order valence-corrected chi connectivity index (χ4v) is 5.84. The summed E-state index contributed by atoms with van der Waals surface area (Å²) in [5, 5.41) is 34.9. The number of rotatable bonds is 4. The fourth-order valence-electron chi connectivity index (χ4n) is 5.12. The number of nitrogens with zero attached hydrogens (tertiary/aromatic N) is 4. The Labute approximate surface area is 219 Å². The third-order valence-corrected chi connectivity index (χ3v) is 7.87. The summed E-state index contributed by atoms with van der Waals surface area (Å²) in [5.41, 5.74) is 7.66. The van der Waals surface area contributed by atoms with Gasteiger partial charge in [-0.2, -0.15) is 10.4 Å². The highest BCUT2D eigenvalue weighted by Crippen LogP contribution is 2.42. The van der Waals surface area contributed by atoms with E-state index in [1.165, 1.54) is 5.69 Å². The Bertz CT molecular complexity index is 1620. The zero-order valence-corrected chi connectivity index (χ0v) is 21.5. The van der Waals surface area contributed by atoms with E-state index < -0.39 is 0 Å². The molecule has 0 saturated carbocycles. The molecule has 7 nitrogen and oxygen atoms in total. The zero-order chi connectivity index (χ0) is 25.5. The van der Waals surface area contributed by atoms with Crippen molar-refractivity contribution < 1.29 is 5.11 Å². The van der Waals surface area contributed by atoms with E-state index in [0.29, 0.717) is 16.9 Å². The molecular weight excluding hydrogens is 480 g/mol. The van der Waals surface area contributed by atoms with Crippen LogP contribution in [0.5, 0.6) is 5.75 Å². The lowest BCUT2D eigenvalue weighted by atomic mass is 9.91. The van der Waals surface area contributed by atoms with Crippen molar-refractivity contribution in [3.05, 3.63) is 70.6 Å². The third kappa shape index (κ3) is 4.02. The average molecular weight is 507 g/mol. The molecule has 1 aliphatic rings. The Morgan fingerprint density at radius 3 is 2.41 bits per heavy atom. The molecule has 6 rings (SSSR count). The van der Waals surface area contributed by atoms with Crippen molar-refractivity contribution in [1.82, 2.24) is 20.5 Å². The molecule has 0 atom stereocenters. The van der Waals surface area contributed by atoms with Gasteiger partial charge in [-0.15, -0.1) is 11.3 Å². The van der Waals surface area contributed by atoms with Crippen molar-refractivity contribution in [2.45, 2.75) is 13.8 Å². The van der Waals surface area contributed by atoms with Crippen LogP contribution in [0.25, 0.3) is 44.0 Å². The summed E-state index contributed by atoms with van der Waals surface area (Å²) >= 11 is 1.62. The third-order valence-electron chi connectivity index (χ3n) is 6.98. The Morgan fingerprint density at radius 2 is 1.76 bits per heavy atom. The smallest absolute Gasteiger partial charge is 0.182 e. The molecule has 0 aliphatic carbocycles. The lowest BCUT2D eigenvalue weighted by Gasteiger charge is -2.29. The first-order chi connectivity index (χ1) is 18.0. The number of thiophene rings is 1. The maximum absolute atomic E-state index is 10.5. The number of H-pyrrole nitrogens is 1. The van der Waals surface area contributed by atoms with E-state index in [0.717, 1.165) is 70.0 Å². The molecule has 0 spiro atoms. The van der Waals surface area contributed by atoms with Crippen LogP contribution in [-0.2, 0) is 0 Å². The second-order valence-corrected chi connectivity index (χ2v) is 10.3. The summed E-state index contributed by atoms with van der Waals surface area (Å²) in [4.78, 5) is 8.29. The van der Waals surface area contributed by atoms with Gasteiger partial charge in [0.25, 0.3) is 0 Å². The Morgan fingerprint density at radius 1 is 1.03 bits per heavy atom. The molecule has 0 amide bonds. The molecule has 3 aromatic heterocycles. The number of nitriles is 1. The number of aryl methyl sites for hydroxylation is 2. The van der Waals surface area contributed by atoms with Gasteiger partial charge in [0.05, 0.1) is 27.2 Å². The number of aromatic hydroxyl groups is 1. The van der Waals surface area contributed by atoms with Crippen molar-refractivity contribution in [1.29, 1.82) is 5.26 Å². The quantitative estimate of drug-likeness (QED) is 0.292. The minimum atomic E-state index is 0.256. The van der Waals surface area contributed by atoms with Gasteiger partial charge in [0, 0.05) is 43.0 Å². The minimum Gasteiger partial charge on any atom is -0.507 e. The molecular formula is C29H26N6OS. The van der Waals surface area contributed by atoms with E-state index in [1.54, 1.807) is 11.3 Å². The number of piperazine rings is 1. The van der Waals surface area contributed by atoms with Crippen molar-refractivity contribution >= 4 is 28.1 Å². The highest BCUT2D eigenvalue weighted by molar-refractivity contribution is 7.13. The van der Waals surface area contributed by atoms with Gasteiger partial charge in [-0.25, -0.2) is 4.98 Å². The first-order valence-electron chi connectivity index (χ1n) is 12.3. The van der Waals surface area contributed by atoms with E-state index in [9.17, 15) is 10.4 Å². The van der Waals surface area contributed by atoms with Crippen LogP contribution in [0.3, 0.4) is 0 Å². The first kappa shape index (κ1) is 23.2. The second-order valence-electron chi connectivity index (χ2n) is 9.34. The van der Waals surface area contributed by atoms with Gasteiger partial charge in [0.2, 0.25) is 0 Å². The second kappa shape index (κ2) is 9.36. The molecule has 3 N–H and O–H groups in total. The average Bonchev–Trinajstić information content (AvgIpc) is 3.61. The Balaban J connectivity index is 1.61. The van der Waals surface area contributed by atoms with Crippen LogP contribution >= 0.6 is 11.3 Å². The normalized spacial score (nSPS) is 13.7. The summed E-state index contributed by atoms with van der Waals surface area (Å²) in [6.45, 7) is 7.59. The summed E-state index contributed by atoms with van der Waals surface area (Å²) in [5.74, 6) is 0.256. The molecule has 2 aromatic carbocycles. The number of anilines is 1. The standard InChI is InChI=1S/C29H26N6OS/c1-17-14-20(15-18(2)28(17)36)26-22(16-30)24(19-5-7-21(8-6-19)35-11-9-31-10-12-35)25-27(23-4-3-13-37-23)33-34-29(25)32-26/h3-8,13-15,31,36H,9-12H2,1-2H3,(H,32,33,34). The van der Waals surface area contributed by atoms with Gasteiger partial charge in [0.15, 0.2) is 5.65 Å². The van der Waals surface area contributed by atoms with E-state index in [-0.39, 0.29) is 5.75 Å². The molecule has 184 valence electrons. The van der Waals surface area contributed by atoms with E-state index in [1.807, 2.05) is 43.5 Å². The molecule has 37 heavy (non-hydrogen) atoms. The molecule has 1 fully saturated rings. The molecule has 1 aliphatic heterocycles. The van der Waals surface area contributed by atoms with Gasteiger partial charge in [-0.1, -0.05) is 18.2 Å². The molecule has 5 aromatic rings. The number of fused-ring (bicyclic) bond motifs is 1. The number of benzene rings is 2. The van der Waals surface area contributed by atoms with Crippen LogP contribution in [0.4, 0.5) is 5.69 Å². The number of nitrogens with one attached hydrogen (secondary N) is 2. The van der Waals surface area contributed by atoms with Crippen molar-refractivity contribution in [3.63, 3.8) is 0 Å². The maximum atomic E-state index is 10.5. The highest BCUT2D eigenvalue weighted by atomic mass is 32.1. The lowest BCUT2D eigenvalue weighted by molar-refractivity contribution is 0.467. The van der Waals surface area contributed by atoms with Crippen LogP contribution in [0.2, 0.25) is 0 Å². The Kier molecular flexibility index (Phi) is 5.87. The van der Waals surface area contributed by atoms with Crippen molar-refractivity contribution in [3.8, 4) is 44.8 Å². The topological polar surface area (TPSA) is 101 Å². The summed E-state index contributed by atoms with van der Waals surface area (Å²) < 4.78 is 0. The number of phenolic OH excluding ortho intramolecular Hbond substituents is 1. The number of phenols is 1. The van der Waals surface area contributed by atoms with Crippen LogP contribution in [0.15, 0.2) is 53.9 Å². The summed E-state index contributed by atoms with van der Waals surface area (Å²) in [6.07, 6.45) is 0. The number of aromatic nitrogens is 3. The van der Waals surface area contributed by atoms with Gasteiger partial charge >= 0.3 is 0 Å². The number of pyridine rings is 1. The predicted molar refractivity (Wildman–Crippen MR) is 149 cm³/mol. The van der Waals surface area contributed by atoms with Crippen LogP contribution in [0.1, 0.15) is 16.7 Å². The van der Waals surface area contributed by atoms with Gasteiger partial charge in [-0.3, -0.25) is 5.10 Å². The van der Waals surface area contributed by atoms with Gasteiger partial charge in [-0.05, 0) is 66.2 Å². The monoisotopic (exact) mass is 506 g/mol. The molecule has 0 radical (unpaired) electrons. The summed E-state index contributed by atoms with van der Waals surface area (Å²) in [7, 11) is 0. The highest BCUT2D eigenvalue weighted by Gasteiger charge is 2.24. The Hall–Kier alpha value is -4.19. The molecule has 0 unspecified atom stereocenters. The molecule has 0 bridgehead atoms. The van der Waals surface area contributed by atoms with Crippen LogP contribution < -0.4 is 10.2 Å². The number of aromatic amines is 1. The molecule has 4 heterocycles. The summed E-state index contributed by atoms with van der Waals surface area (Å²) in [6, 6.07) is 18.7. The number of hydrogen-bond acceptors (Lipinski definition) is 7. The fraction of sp³-hybridized carbons (Fsp3) is 0.207. The first-order valence-corrected chi connectivity index (χ1v) is 13.2. The minimum absolute atomic E-state index is 0.256. The largest absolute Gasteiger partial charge is 0.507 e. The van der Waals surface area contributed by atoms with E-state index >= 15 is 0 Å². The van der Waals surface area contributed by atoms with Gasteiger partial charge in [0.1, 0.15) is 11.8 Å².